The molecule has 1 fully saturated rings. The van der Waals surface area contributed by atoms with E-state index in [4.69, 9.17) is 5.73 Å². The zero-order chi connectivity index (χ0) is 14.2. The topological polar surface area (TPSA) is 72.4 Å². The molecule has 1 aliphatic rings. The Hall–Kier alpha value is -1.78. The monoisotopic (exact) mass is 263 g/mol. The van der Waals surface area contributed by atoms with Crippen LogP contribution >= 0.6 is 0 Å². The van der Waals surface area contributed by atoms with Crippen LogP contribution in [0.15, 0.2) is 18.2 Å². The lowest BCUT2D eigenvalue weighted by atomic mass is 9.80. The van der Waals surface area contributed by atoms with Gasteiger partial charge in [0.1, 0.15) is 5.69 Å². The Morgan fingerprint density at radius 1 is 1.42 bits per heavy atom. The van der Waals surface area contributed by atoms with E-state index in [2.05, 4.69) is 25.7 Å². The highest BCUT2D eigenvalue weighted by Crippen LogP contribution is 2.36. The largest absolute Gasteiger partial charge is 0.393 e. The SMILES string of the molecule is CC(C)(C)C1CCN(c2ccc([N+](=O)[O-])c(N)c2)C1. The Bertz CT molecular complexity index is 494. The smallest absolute Gasteiger partial charge is 0.292 e. The van der Waals surface area contributed by atoms with Crippen LogP contribution < -0.4 is 10.6 Å². The van der Waals surface area contributed by atoms with Gasteiger partial charge in [-0.25, -0.2) is 0 Å². The quantitative estimate of drug-likeness (QED) is 0.505. The van der Waals surface area contributed by atoms with E-state index in [0.717, 1.165) is 25.2 Å². The maximum atomic E-state index is 10.7. The summed E-state index contributed by atoms with van der Waals surface area (Å²) in [5, 5.41) is 10.7. The average molecular weight is 263 g/mol. The Labute approximate surface area is 113 Å². The lowest BCUT2D eigenvalue weighted by Gasteiger charge is -2.27. The predicted octanol–water partition coefficient (Wildman–Crippen LogP) is 3.05. The predicted molar refractivity (Wildman–Crippen MR) is 77.3 cm³/mol. The van der Waals surface area contributed by atoms with Crippen molar-refractivity contribution in [3.63, 3.8) is 0 Å². The average Bonchev–Trinajstić information content (AvgIpc) is 2.76. The zero-order valence-electron chi connectivity index (χ0n) is 11.7. The van der Waals surface area contributed by atoms with E-state index < -0.39 is 4.92 Å². The van der Waals surface area contributed by atoms with Crippen molar-refractivity contribution in [3.8, 4) is 0 Å². The maximum absolute atomic E-state index is 10.7. The molecular formula is C14H21N3O2. The van der Waals surface area contributed by atoms with Crippen molar-refractivity contribution >= 4 is 17.1 Å². The van der Waals surface area contributed by atoms with Crippen molar-refractivity contribution in [2.75, 3.05) is 23.7 Å². The molecular weight excluding hydrogens is 242 g/mol. The normalized spacial score (nSPS) is 19.7. The van der Waals surface area contributed by atoms with Gasteiger partial charge in [-0.2, -0.15) is 0 Å². The number of benzene rings is 1. The standard InChI is InChI=1S/C14H21N3O2/c1-14(2,3)10-6-7-16(9-10)11-4-5-13(17(18)19)12(15)8-11/h4-5,8,10H,6-7,9,15H2,1-3H3. The Morgan fingerprint density at radius 2 is 2.11 bits per heavy atom. The van der Waals surface area contributed by atoms with Gasteiger partial charge in [0.15, 0.2) is 0 Å². The minimum atomic E-state index is -0.443. The van der Waals surface area contributed by atoms with Gasteiger partial charge in [-0.05, 0) is 29.9 Å². The third-order valence-corrected chi connectivity index (χ3v) is 3.99. The molecule has 104 valence electrons. The molecule has 1 aromatic rings. The van der Waals surface area contributed by atoms with Gasteiger partial charge < -0.3 is 10.6 Å². The molecule has 0 saturated carbocycles. The molecule has 0 spiro atoms. The number of nitrogen functional groups attached to an aromatic ring is 1. The summed E-state index contributed by atoms with van der Waals surface area (Å²) in [6.45, 7) is 8.74. The molecule has 19 heavy (non-hydrogen) atoms. The van der Waals surface area contributed by atoms with Crippen molar-refractivity contribution in [1.29, 1.82) is 0 Å². The highest BCUT2D eigenvalue weighted by atomic mass is 16.6. The van der Waals surface area contributed by atoms with Crippen LogP contribution in [0.2, 0.25) is 0 Å². The molecule has 1 aromatic carbocycles. The Morgan fingerprint density at radius 3 is 2.58 bits per heavy atom. The molecule has 5 heteroatoms. The number of anilines is 2. The van der Waals surface area contributed by atoms with Crippen LogP contribution in [0.1, 0.15) is 27.2 Å². The number of rotatable bonds is 2. The van der Waals surface area contributed by atoms with E-state index in [1.165, 1.54) is 6.07 Å². The summed E-state index contributed by atoms with van der Waals surface area (Å²) in [7, 11) is 0. The van der Waals surface area contributed by atoms with Gasteiger partial charge >= 0.3 is 0 Å². The number of nitrogens with zero attached hydrogens (tertiary/aromatic N) is 2. The van der Waals surface area contributed by atoms with Gasteiger partial charge in [0.25, 0.3) is 5.69 Å². The molecule has 2 N–H and O–H groups in total. The van der Waals surface area contributed by atoms with Gasteiger partial charge in [0.2, 0.25) is 0 Å². The molecule has 0 radical (unpaired) electrons. The summed E-state index contributed by atoms with van der Waals surface area (Å²) in [5.74, 6) is 0.643. The lowest BCUT2D eigenvalue weighted by molar-refractivity contribution is -0.383. The molecule has 2 rings (SSSR count). The summed E-state index contributed by atoms with van der Waals surface area (Å²) in [6, 6.07) is 5.00. The summed E-state index contributed by atoms with van der Waals surface area (Å²) in [5.41, 5.74) is 7.24. The van der Waals surface area contributed by atoms with Crippen molar-refractivity contribution in [1.82, 2.24) is 0 Å². The molecule has 0 aromatic heterocycles. The molecule has 0 amide bonds. The van der Waals surface area contributed by atoms with Gasteiger partial charge in [0, 0.05) is 24.8 Å². The molecule has 0 aliphatic carbocycles. The van der Waals surface area contributed by atoms with Crippen LogP contribution in [0.25, 0.3) is 0 Å². The first-order valence-electron chi connectivity index (χ1n) is 6.58. The van der Waals surface area contributed by atoms with Crippen molar-refractivity contribution in [2.24, 2.45) is 11.3 Å². The van der Waals surface area contributed by atoms with Gasteiger partial charge in [-0.15, -0.1) is 0 Å². The fourth-order valence-electron chi connectivity index (χ4n) is 2.61. The minimum absolute atomic E-state index is 0.0182. The van der Waals surface area contributed by atoms with Crippen LogP contribution in [-0.4, -0.2) is 18.0 Å². The first kappa shape index (κ1) is 13.6. The van der Waals surface area contributed by atoms with Crippen molar-refractivity contribution in [3.05, 3.63) is 28.3 Å². The number of nitrogens with two attached hydrogens (primary N) is 1. The molecule has 0 bridgehead atoms. The summed E-state index contributed by atoms with van der Waals surface area (Å²) < 4.78 is 0. The van der Waals surface area contributed by atoms with E-state index in [1.54, 1.807) is 12.1 Å². The first-order chi connectivity index (χ1) is 8.79. The van der Waals surface area contributed by atoms with Crippen molar-refractivity contribution in [2.45, 2.75) is 27.2 Å². The van der Waals surface area contributed by atoms with Crippen LogP contribution in [0.4, 0.5) is 17.1 Å². The highest BCUT2D eigenvalue weighted by Gasteiger charge is 2.32. The number of hydrogen-bond acceptors (Lipinski definition) is 4. The van der Waals surface area contributed by atoms with Gasteiger partial charge in [-0.3, -0.25) is 10.1 Å². The summed E-state index contributed by atoms with van der Waals surface area (Å²) in [4.78, 5) is 12.6. The fourth-order valence-corrected chi connectivity index (χ4v) is 2.61. The Kier molecular flexibility index (Phi) is 3.39. The van der Waals surface area contributed by atoms with E-state index in [9.17, 15) is 10.1 Å². The number of nitro groups is 1. The summed E-state index contributed by atoms with van der Waals surface area (Å²) >= 11 is 0. The first-order valence-corrected chi connectivity index (χ1v) is 6.58. The van der Waals surface area contributed by atoms with Crippen LogP contribution in [0, 0.1) is 21.4 Å². The van der Waals surface area contributed by atoms with E-state index in [-0.39, 0.29) is 11.4 Å². The van der Waals surface area contributed by atoms with E-state index in [0.29, 0.717) is 11.3 Å². The third-order valence-electron chi connectivity index (χ3n) is 3.99. The fraction of sp³-hybridized carbons (Fsp3) is 0.571. The second-order valence-corrected chi connectivity index (χ2v) is 6.30. The van der Waals surface area contributed by atoms with E-state index in [1.807, 2.05) is 0 Å². The molecule has 1 saturated heterocycles. The summed E-state index contributed by atoms with van der Waals surface area (Å²) in [6.07, 6.45) is 1.15. The molecule has 5 nitrogen and oxygen atoms in total. The minimum Gasteiger partial charge on any atom is -0.393 e. The Balaban J connectivity index is 2.16. The second kappa shape index (κ2) is 4.72. The molecule has 1 atom stereocenters. The second-order valence-electron chi connectivity index (χ2n) is 6.30. The van der Waals surface area contributed by atoms with Crippen molar-refractivity contribution < 1.29 is 4.92 Å². The van der Waals surface area contributed by atoms with Crippen LogP contribution in [0.3, 0.4) is 0 Å². The van der Waals surface area contributed by atoms with Crippen LogP contribution in [-0.2, 0) is 0 Å². The number of hydrogen-bond donors (Lipinski definition) is 1. The maximum Gasteiger partial charge on any atom is 0.292 e. The molecule has 1 aliphatic heterocycles. The van der Waals surface area contributed by atoms with E-state index >= 15 is 0 Å². The third kappa shape index (κ3) is 2.80. The van der Waals surface area contributed by atoms with Gasteiger partial charge in [-0.1, -0.05) is 20.8 Å². The van der Waals surface area contributed by atoms with Crippen LogP contribution in [0.5, 0.6) is 0 Å². The highest BCUT2D eigenvalue weighted by molar-refractivity contribution is 5.66. The lowest BCUT2D eigenvalue weighted by Crippen LogP contribution is -2.25. The molecule has 1 unspecified atom stereocenters. The zero-order valence-corrected chi connectivity index (χ0v) is 11.7. The number of nitro benzene ring substituents is 1. The van der Waals surface area contributed by atoms with Gasteiger partial charge in [0.05, 0.1) is 4.92 Å². The molecule has 1 heterocycles.